The molecule has 128 valence electrons. The molecule has 3 fully saturated rings. The Hall–Kier alpha value is -0.250. The van der Waals surface area contributed by atoms with Gasteiger partial charge in [0.2, 0.25) is 0 Å². The molecule has 0 aromatic heterocycles. The summed E-state index contributed by atoms with van der Waals surface area (Å²) < 4.78 is 33.7. The summed E-state index contributed by atoms with van der Waals surface area (Å²) in [6.45, 7) is 8.29. The number of hydrogen-bond acceptors (Lipinski definition) is 5. The van der Waals surface area contributed by atoms with Gasteiger partial charge in [0, 0.05) is 45.8 Å². The summed E-state index contributed by atoms with van der Waals surface area (Å²) in [5, 5.41) is 3.39. The molecule has 0 saturated carbocycles. The Kier molecular flexibility index (Phi) is 5.69. The van der Waals surface area contributed by atoms with Gasteiger partial charge >= 0.3 is 0 Å². The van der Waals surface area contributed by atoms with Crippen molar-refractivity contribution in [3.8, 4) is 0 Å². The number of morpholine rings is 1. The molecule has 3 rings (SSSR count). The van der Waals surface area contributed by atoms with Gasteiger partial charge < -0.3 is 15.0 Å². The molecule has 0 atom stereocenters. The average Bonchev–Trinajstić information content (AvgIpc) is 2.57. The van der Waals surface area contributed by atoms with Crippen LogP contribution in [0.3, 0.4) is 0 Å². The van der Waals surface area contributed by atoms with E-state index >= 15 is 0 Å². The van der Waals surface area contributed by atoms with Gasteiger partial charge in [-0.2, -0.15) is 17.0 Å². The lowest BCUT2D eigenvalue weighted by Crippen LogP contribution is -2.55. The minimum atomic E-state index is -3.29. The van der Waals surface area contributed by atoms with Crippen LogP contribution in [0.15, 0.2) is 0 Å². The number of nitrogens with zero attached hydrogens (tertiary/aromatic N) is 3. The first-order valence-electron chi connectivity index (χ1n) is 8.42. The minimum Gasteiger partial charge on any atom is -0.379 e. The standard InChI is InChI=1S/C14H28N4O3S/c19-22(20,18-9-11-21-12-10-18)17-7-5-16(6-8-17)13-14-1-3-15-4-2-14/h14-15H,1-13H2. The smallest absolute Gasteiger partial charge is 0.282 e. The number of hydrogen-bond donors (Lipinski definition) is 1. The molecule has 7 nitrogen and oxygen atoms in total. The van der Waals surface area contributed by atoms with E-state index in [0.717, 1.165) is 38.6 Å². The quantitative estimate of drug-likeness (QED) is 0.729. The van der Waals surface area contributed by atoms with Crippen LogP contribution in [0.4, 0.5) is 0 Å². The van der Waals surface area contributed by atoms with Gasteiger partial charge in [-0.25, -0.2) is 0 Å². The fourth-order valence-corrected chi connectivity index (χ4v) is 5.07. The summed E-state index contributed by atoms with van der Waals surface area (Å²) >= 11 is 0. The molecular weight excluding hydrogens is 304 g/mol. The van der Waals surface area contributed by atoms with E-state index in [9.17, 15) is 8.42 Å². The number of piperazine rings is 1. The molecule has 3 saturated heterocycles. The van der Waals surface area contributed by atoms with Crippen LogP contribution in [-0.2, 0) is 14.9 Å². The molecule has 0 radical (unpaired) electrons. The molecule has 0 bridgehead atoms. The van der Waals surface area contributed by atoms with Crippen LogP contribution in [0.1, 0.15) is 12.8 Å². The average molecular weight is 332 g/mol. The van der Waals surface area contributed by atoms with E-state index < -0.39 is 10.2 Å². The SMILES string of the molecule is O=S(=O)(N1CCOCC1)N1CCN(CC2CCNCC2)CC1. The second-order valence-electron chi connectivity index (χ2n) is 6.41. The van der Waals surface area contributed by atoms with Crippen molar-refractivity contribution in [3.63, 3.8) is 0 Å². The highest BCUT2D eigenvalue weighted by Crippen LogP contribution is 2.17. The normalized spacial score (nSPS) is 28.0. The lowest BCUT2D eigenvalue weighted by atomic mass is 9.97. The highest BCUT2D eigenvalue weighted by atomic mass is 32.2. The van der Waals surface area contributed by atoms with Crippen LogP contribution in [0, 0.1) is 5.92 Å². The zero-order chi connectivity index (χ0) is 15.4. The van der Waals surface area contributed by atoms with Gasteiger partial charge in [0.15, 0.2) is 0 Å². The molecule has 0 aliphatic carbocycles. The summed E-state index contributed by atoms with van der Waals surface area (Å²) in [5.41, 5.74) is 0. The summed E-state index contributed by atoms with van der Waals surface area (Å²) in [4.78, 5) is 2.43. The third-order valence-corrected chi connectivity index (χ3v) is 6.96. The van der Waals surface area contributed by atoms with E-state index in [4.69, 9.17) is 4.74 Å². The van der Waals surface area contributed by atoms with Crippen LogP contribution >= 0.6 is 0 Å². The molecule has 3 aliphatic heterocycles. The van der Waals surface area contributed by atoms with Gasteiger partial charge in [0.1, 0.15) is 0 Å². The molecule has 3 aliphatic rings. The maximum absolute atomic E-state index is 12.6. The van der Waals surface area contributed by atoms with Crippen LogP contribution in [0.5, 0.6) is 0 Å². The highest BCUT2D eigenvalue weighted by molar-refractivity contribution is 7.86. The predicted octanol–water partition coefficient (Wildman–Crippen LogP) is -0.819. The van der Waals surface area contributed by atoms with Crippen molar-refractivity contribution in [1.82, 2.24) is 18.8 Å². The van der Waals surface area contributed by atoms with E-state index in [1.807, 2.05) is 0 Å². The second kappa shape index (κ2) is 7.55. The van der Waals surface area contributed by atoms with E-state index in [1.54, 1.807) is 8.61 Å². The molecule has 0 spiro atoms. The Balaban J connectivity index is 1.48. The lowest BCUT2D eigenvalue weighted by molar-refractivity contribution is 0.0680. The Morgan fingerprint density at radius 3 is 2.14 bits per heavy atom. The Morgan fingerprint density at radius 1 is 0.909 bits per heavy atom. The lowest BCUT2D eigenvalue weighted by Gasteiger charge is -2.39. The van der Waals surface area contributed by atoms with Crippen molar-refractivity contribution in [2.45, 2.75) is 12.8 Å². The summed E-state index contributed by atoms with van der Waals surface area (Å²) in [6.07, 6.45) is 2.48. The largest absolute Gasteiger partial charge is 0.379 e. The second-order valence-corrected chi connectivity index (χ2v) is 8.34. The number of nitrogens with one attached hydrogen (secondary N) is 1. The van der Waals surface area contributed by atoms with Crippen molar-refractivity contribution in [2.24, 2.45) is 5.92 Å². The first-order valence-corrected chi connectivity index (χ1v) is 9.82. The maximum Gasteiger partial charge on any atom is 0.282 e. The molecule has 0 amide bonds. The first kappa shape index (κ1) is 16.6. The fourth-order valence-electron chi connectivity index (χ4n) is 3.51. The Bertz CT molecular complexity index is 439. The molecule has 22 heavy (non-hydrogen) atoms. The molecular formula is C14H28N4O3S. The van der Waals surface area contributed by atoms with Crippen LogP contribution in [0.2, 0.25) is 0 Å². The first-order chi connectivity index (χ1) is 10.7. The molecule has 0 aromatic rings. The van der Waals surface area contributed by atoms with Gasteiger partial charge in [-0.05, 0) is 31.8 Å². The van der Waals surface area contributed by atoms with Gasteiger partial charge in [-0.3, -0.25) is 0 Å². The predicted molar refractivity (Wildman–Crippen MR) is 84.9 cm³/mol. The number of rotatable bonds is 4. The van der Waals surface area contributed by atoms with Crippen LogP contribution in [0.25, 0.3) is 0 Å². The van der Waals surface area contributed by atoms with E-state index in [0.29, 0.717) is 39.4 Å². The third-order valence-electron chi connectivity index (χ3n) is 4.93. The number of piperidine rings is 1. The zero-order valence-electron chi connectivity index (χ0n) is 13.2. The maximum atomic E-state index is 12.6. The molecule has 1 N–H and O–H groups in total. The molecule has 0 aromatic carbocycles. The zero-order valence-corrected chi connectivity index (χ0v) is 14.1. The Labute approximate surface area is 133 Å². The van der Waals surface area contributed by atoms with Gasteiger partial charge in [0.05, 0.1) is 13.2 Å². The number of ether oxygens (including phenoxy) is 1. The van der Waals surface area contributed by atoms with E-state index in [1.165, 1.54) is 12.8 Å². The van der Waals surface area contributed by atoms with Crippen molar-refractivity contribution >= 4 is 10.2 Å². The summed E-state index contributed by atoms with van der Waals surface area (Å²) in [6, 6.07) is 0. The molecule has 0 unspecified atom stereocenters. The van der Waals surface area contributed by atoms with Gasteiger partial charge in [0.25, 0.3) is 10.2 Å². The third kappa shape index (κ3) is 3.98. The monoisotopic (exact) mass is 332 g/mol. The van der Waals surface area contributed by atoms with Crippen molar-refractivity contribution in [2.75, 3.05) is 72.1 Å². The van der Waals surface area contributed by atoms with E-state index in [-0.39, 0.29) is 0 Å². The summed E-state index contributed by atoms with van der Waals surface area (Å²) in [5.74, 6) is 0.767. The topological polar surface area (TPSA) is 65.1 Å². The van der Waals surface area contributed by atoms with E-state index in [2.05, 4.69) is 10.2 Å². The van der Waals surface area contributed by atoms with Gasteiger partial charge in [-0.1, -0.05) is 0 Å². The van der Waals surface area contributed by atoms with Gasteiger partial charge in [-0.15, -0.1) is 0 Å². The van der Waals surface area contributed by atoms with Crippen LogP contribution in [-0.4, -0.2) is 94.0 Å². The van der Waals surface area contributed by atoms with Crippen molar-refractivity contribution in [1.29, 1.82) is 0 Å². The van der Waals surface area contributed by atoms with Crippen molar-refractivity contribution in [3.05, 3.63) is 0 Å². The fraction of sp³-hybridized carbons (Fsp3) is 1.00. The Morgan fingerprint density at radius 2 is 1.50 bits per heavy atom. The minimum absolute atomic E-state index is 0.484. The molecule has 3 heterocycles. The van der Waals surface area contributed by atoms with Crippen molar-refractivity contribution < 1.29 is 13.2 Å². The summed E-state index contributed by atoms with van der Waals surface area (Å²) in [7, 11) is -3.29. The van der Waals surface area contributed by atoms with Crippen LogP contribution < -0.4 is 5.32 Å². The molecule has 8 heteroatoms. The highest BCUT2D eigenvalue weighted by Gasteiger charge is 2.33.